The molecule has 0 bridgehead atoms. The van der Waals surface area contributed by atoms with E-state index in [2.05, 4.69) is 10.6 Å². The fourth-order valence-corrected chi connectivity index (χ4v) is 3.57. The molecule has 3 N–H and O–H groups in total. The maximum Gasteiger partial charge on any atom is 0.408 e. The van der Waals surface area contributed by atoms with Gasteiger partial charge in [-0.15, -0.1) is 0 Å². The van der Waals surface area contributed by atoms with Gasteiger partial charge in [0.25, 0.3) is 5.91 Å². The molecule has 0 aromatic heterocycles. The second-order valence-corrected chi connectivity index (χ2v) is 8.82. The van der Waals surface area contributed by atoms with Gasteiger partial charge in [-0.2, -0.15) is 0 Å². The van der Waals surface area contributed by atoms with Crippen molar-refractivity contribution >= 4 is 29.9 Å². The van der Waals surface area contributed by atoms with Crippen LogP contribution in [0.3, 0.4) is 0 Å². The lowest BCUT2D eigenvalue weighted by Crippen LogP contribution is -2.39. The van der Waals surface area contributed by atoms with Crippen molar-refractivity contribution in [1.82, 2.24) is 14.9 Å². The predicted molar refractivity (Wildman–Crippen MR) is 118 cm³/mol. The summed E-state index contributed by atoms with van der Waals surface area (Å²) < 4.78 is 6.79. The first-order valence-electron chi connectivity index (χ1n) is 9.93. The Hall–Kier alpha value is -2.26. The highest BCUT2D eigenvalue weighted by Crippen LogP contribution is 2.19. The SMILES string of the molecule is CCCN(SCc1cccc(C[C@H](NC)C(=O)O)c1)C(=O)CNC(=O)OC(C)(C)C. The molecule has 0 unspecified atom stereocenters. The number of carbonyl (C=O) groups is 3. The third kappa shape index (κ3) is 9.98. The monoisotopic (exact) mass is 439 g/mol. The number of nitrogens with zero attached hydrogens (tertiary/aromatic N) is 1. The molecule has 168 valence electrons. The van der Waals surface area contributed by atoms with E-state index < -0.39 is 23.7 Å². The van der Waals surface area contributed by atoms with E-state index in [-0.39, 0.29) is 12.5 Å². The lowest BCUT2D eigenvalue weighted by atomic mass is 10.0. The summed E-state index contributed by atoms with van der Waals surface area (Å²) >= 11 is 1.37. The van der Waals surface area contributed by atoms with Crippen molar-refractivity contribution in [2.75, 3.05) is 20.1 Å². The second-order valence-electron chi connectivity index (χ2n) is 7.83. The van der Waals surface area contributed by atoms with Gasteiger partial charge in [-0.25, -0.2) is 4.79 Å². The molecule has 0 aliphatic carbocycles. The minimum atomic E-state index is -0.894. The Labute approximate surface area is 182 Å². The van der Waals surface area contributed by atoms with Gasteiger partial charge < -0.3 is 20.5 Å². The number of hydrogen-bond acceptors (Lipinski definition) is 6. The Kier molecular flexibility index (Phi) is 10.7. The number of alkyl carbamates (subject to hydrolysis) is 1. The molecule has 1 atom stereocenters. The molecule has 0 radical (unpaired) electrons. The summed E-state index contributed by atoms with van der Waals surface area (Å²) in [5.74, 6) is -0.539. The first kappa shape index (κ1) is 25.8. The molecular formula is C21H33N3O5S. The Bertz CT molecular complexity index is 721. The number of likely N-dealkylation sites (N-methyl/N-ethyl adjacent to an activating group) is 1. The maximum atomic E-state index is 12.5. The van der Waals surface area contributed by atoms with E-state index in [1.54, 1.807) is 32.1 Å². The molecule has 30 heavy (non-hydrogen) atoms. The predicted octanol–water partition coefficient (Wildman–Crippen LogP) is 2.81. The lowest BCUT2D eigenvalue weighted by molar-refractivity contribution is -0.139. The van der Waals surface area contributed by atoms with Crippen LogP contribution in [-0.4, -0.2) is 59.2 Å². The average molecular weight is 440 g/mol. The molecule has 1 aromatic carbocycles. The van der Waals surface area contributed by atoms with Crippen molar-refractivity contribution in [2.45, 2.75) is 57.9 Å². The number of rotatable bonds is 11. The molecule has 0 saturated heterocycles. The van der Waals surface area contributed by atoms with Crippen LogP contribution in [-0.2, 0) is 26.5 Å². The van der Waals surface area contributed by atoms with E-state index >= 15 is 0 Å². The first-order valence-corrected chi connectivity index (χ1v) is 10.9. The number of ether oxygens (including phenoxy) is 1. The Morgan fingerprint density at radius 1 is 1.23 bits per heavy atom. The number of carbonyl (C=O) groups excluding carboxylic acids is 2. The minimum absolute atomic E-state index is 0.135. The molecule has 0 aliphatic heterocycles. The van der Waals surface area contributed by atoms with Crippen LogP contribution in [0, 0.1) is 0 Å². The van der Waals surface area contributed by atoms with E-state index in [0.717, 1.165) is 17.5 Å². The first-order chi connectivity index (χ1) is 14.1. The second kappa shape index (κ2) is 12.4. The van der Waals surface area contributed by atoms with Crippen molar-refractivity contribution in [2.24, 2.45) is 0 Å². The fraction of sp³-hybridized carbons (Fsp3) is 0.571. The number of aliphatic carboxylic acids is 1. The molecule has 0 fully saturated rings. The van der Waals surface area contributed by atoms with Gasteiger partial charge in [0.05, 0.1) is 0 Å². The Morgan fingerprint density at radius 3 is 2.47 bits per heavy atom. The smallest absolute Gasteiger partial charge is 0.408 e. The zero-order valence-electron chi connectivity index (χ0n) is 18.4. The number of carboxylic acids is 1. The molecule has 0 spiro atoms. The Morgan fingerprint density at radius 2 is 1.90 bits per heavy atom. The van der Waals surface area contributed by atoms with E-state index in [1.165, 1.54) is 11.9 Å². The van der Waals surface area contributed by atoms with Gasteiger partial charge in [-0.05, 0) is 63.7 Å². The number of carboxylic acid groups (broad SMARTS) is 1. The Balaban J connectivity index is 2.65. The van der Waals surface area contributed by atoms with Crippen molar-refractivity contribution < 1.29 is 24.2 Å². The highest BCUT2D eigenvalue weighted by atomic mass is 32.2. The van der Waals surface area contributed by atoms with Crippen molar-refractivity contribution in [3.63, 3.8) is 0 Å². The summed E-state index contributed by atoms with van der Waals surface area (Å²) in [6.45, 7) is 7.68. The summed E-state index contributed by atoms with van der Waals surface area (Å²) in [4.78, 5) is 35.5. The molecule has 0 saturated carbocycles. The minimum Gasteiger partial charge on any atom is -0.480 e. The average Bonchev–Trinajstić information content (AvgIpc) is 2.66. The third-order valence-corrected chi connectivity index (χ3v) is 5.11. The number of benzene rings is 1. The van der Waals surface area contributed by atoms with E-state index in [1.807, 2.05) is 31.2 Å². The van der Waals surface area contributed by atoms with Gasteiger partial charge in [-0.1, -0.05) is 31.2 Å². The van der Waals surface area contributed by atoms with Gasteiger partial charge in [0.1, 0.15) is 18.2 Å². The third-order valence-electron chi connectivity index (χ3n) is 3.95. The summed E-state index contributed by atoms with van der Waals surface area (Å²) in [7, 11) is 1.62. The van der Waals surface area contributed by atoms with Crippen LogP contribution < -0.4 is 10.6 Å². The molecule has 0 aliphatic rings. The molecule has 1 aromatic rings. The summed E-state index contributed by atoms with van der Waals surface area (Å²) in [5.41, 5.74) is 1.28. The van der Waals surface area contributed by atoms with Crippen LogP contribution in [0.1, 0.15) is 45.2 Å². The molecule has 8 nitrogen and oxygen atoms in total. The van der Waals surface area contributed by atoms with Crippen LogP contribution >= 0.6 is 11.9 Å². The summed E-state index contributed by atoms with van der Waals surface area (Å²) in [6.07, 6.45) is 0.539. The van der Waals surface area contributed by atoms with Crippen LogP contribution in [0.5, 0.6) is 0 Å². The molecule has 0 heterocycles. The molecular weight excluding hydrogens is 406 g/mol. The normalized spacial score (nSPS) is 12.2. The summed E-state index contributed by atoms with van der Waals surface area (Å²) in [5, 5.41) is 14.5. The highest BCUT2D eigenvalue weighted by molar-refractivity contribution is 7.96. The van der Waals surface area contributed by atoms with Crippen LogP contribution in [0.4, 0.5) is 4.79 Å². The standard InChI is InChI=1S/C21H33N3O5S/c1-6-10-24(18(25)13-23-20(28)29-21(2,3)4)30-14-16-9-7-8-15(11-16)12-17(22-5)19(26)27/h7-9,11,17,22H,6,10,12-14H2,1-5H3,(H,23,28)(H,26,27)/t17-/m0/s1. The largest absolute Gasteiger partial charge is 0.480 e. The van der Waals surface area contributed by atoms with Crippen molar-refractivity contribution in [1.29, 1.82) is 0 Å². The summed E-state index contributed by atoms with van der Waals surface area (Å²) in [6, 6.07) is 7.02. The maximum absolute atomic E-state index is 12.5. The van der Waals surface area contributed by atoms with Crippen LogP contribution in [0.2, 0.25) is 0 Å². The van der Waals surface area contributed by atoms with Gasteiger partial charge in [-0.3, -0.25) is 13.9 Å². The molecule has 1 rings (SSSR count). The fourth-order valence-electron chi connectivity index (χ4n) is 2.56. The van der Waals surface area contributed by atoms with Gasteiger partial charge in [0.15, 0.2) is 0 Å². The number of amides is 2. The quantitative estimate of drug-likeness (QED) is 0.455. The molecule has 2 amide bonds. The van der Waals surface area contributed by atoms with Crippen molar-refractivity contribution in [3.8, 4) is 0 Å². The number of hydrogen-bond donors (Lipinski definition) is 3. The topological polar surface area (TPSA) is 108 Å². The van der Waals surface area contributed by atoms with Crippen molar-refractivity contribution in [3.05, 3.63) is 35.4 Å². The van der Waals surface area contributed by atoms with Gasteiger partial charge >= 0.3 is 12.1 Å². The van der Waals surface area contributed by atoms with Gasteiger partial charge in [0, 0.05) is 12.3 Å². The number of nitrogens with one attached hydrogen (secondary N) is 2. The van der Waals surface area contributed by atoms with Crippen LogP contribution in [0.15, 0.2) is 24.3 Å². The zero-order chi connectivity index (χ0) is 22.7. The van der Waals surface area contributed by atoms with Gasteiger partial charge in [0.2, 0.25) is 0 Å². The molecule has 9 heteroatoms. The highest BCUT2D eigenvalue weighted by Gasteiger charge is 2.19. The van der Waals surface area contributed by atoms with E-state index in [4.69, 9.17) is 4.74 Å². The van der Waals surface area contributed by atoms with Crippen LogP contribution in [0.25, 0.3) is 0 Å². The van der Waals surface area contributed by atoms with E-state index in [0.29, 0.717) is 18.7 Å². The van der Waals surface area contributed by atoms with E-state index in [9.17, 15) is 19.5 Å². The zero-order valence-corrected chi connectivity index (χ0v) is 19.2. The lowest BCUT2D eigenvalue weighted by Gasteiger charge is -2.23.